The Hall–Kier alpha value is -2.97. The number of cyclic esters (lactones) is 1. The molecular weight excluding hydrogens is 380 g/mol. The largest absolute Gasteiger partial charge is 0.504 e. The molecule has 0 aromatic heterocycles. The molecule has 1 fully saturated rings. The van der Waals surface area contributed by atoms with Crippen LogP contribution in [0.25, 0.3) is 0 Å². The quantitative estimate of drug-likeness (QED) is 0.596. The fraction of sp³-hybridized carbons (Fsp3) is 0.381. The van der Waals surface area contributed by atoms with Crippen molar-refractivity contribution in [3.8, 4) is 23.0 Å². The maximum absolute atomic E-state index is 12.6. The monoisotopic (exact) mass is 404 g/mol. The van der Waals surface area contributed by atoms with Crippen molar-refractivity contribution in [2.75, 3.05) is 27.9 Å². The van der Waals surface area contributed by atoms with Gasteiger partial charge in [0.2, 0.25) is 0 Å². The molecule has 1 aliphatic heterocycles. The van der Waals surface area contributed by atoms with Gasteiger partial charge in [0, 0.05) is 6.42 Å². The SMILES string of the molecule is COc1cc(C[C@@]2(O)C(=O)O[C@@H](c3ccc(OC)c(OC)c3)[C@@H]2CO)ccc1O. The second kappa shape index (κ2) is 8.18. The van der Waals surface area contributed by atoms with Gasteiger partial charge in [0.1, 0.15) is 6.10 Å². The van der Waals surface area contributed by atoms with Crippen molar-refractivity contribution in [3.05, 3.63) is 47.5 Å². The van der Waals surface area contributed by atoms with Gasteiger partial charge in [-0.3, -0.25) is 0 Å². The van der Waals surface area contributed by atoms with E-state index in [2.05, 4.69) is 0 Å². The van der Waals surface area contributed by atoms with Crippen LogP contribution in [0.15, 0.2) is 36.4 Å². The Morgan fingerprint density at radius 3 is 2.31 bits per heavy atom. The number of aliphatic hydroxyl groups excluding tert-OH is 1. The summed E-state index contributed by atoms with van der Waals surface area (Å²) >= 11 is 0. The average Bonchev–Trinajstić information content (AvgIpc) is 2.98. The highest BCUT2D eigenvalue weighted by atomic mass is 16.6. The number of benzene rings is 2. The number of ether oxygens (including phenoxy) is 4. The van der Waals surface area contributed by atoms with Crippen LogP contribution in [0.5, 0.6) is 23.0 Å². The Morgan fingerprint density at radius 1 is 1.00 bits per heavy atom. The lowest BCUT2D eigenvalue weighted by Crippen LogP contribution is -2.45. The van der Waals surface area contributed by atoms with Gasteiger partial charge >= 0.3 is 5.97 Å². The third kappa shape index (κ3) is 3.68. The third-order valence-electron chi connectivity index (χ3n) is 5.22. The number of aliphatic hydroxyl groups is 2. The van der Waals surface area contributed by atoms with Crippen LogP contribution in [0.2, 0.25) is 0 Å². The molecule has 8 nitrogen and oxygen atoms in total. The average molecular weight is 404 g/mol. The van der Waals surface area contributed by atoms with Crippen LogP contribution in [-0.2, 0) is 16.0 Å². The summed E-state index contributed by atoms with van der Waals surface area (Å²) in [5.41, 5.74) is -0.839. The molecule has 2 aromatic carbocycles. The van der Waals surface area contributed by atoms with Crippen molar-refractivity contribution >= 4 is 5.97 Å². The van der Waals surface area contributed by atoms with Crippen LogP contribution >= 0.6 is 0 Å². The van der Waals surface area contributed by atoms with Crippen LogP contribution < -0.4 is 14.2 Å². The molecular formula is C21H24O8. The molecule has 0 bridgehead atoms. The lowest BCUT2D eigenvalue weighted by atomic mass is 9.80. The molecule has 3 atom stereocenters. The smallest absolute Gasteiger partial charge is 0.339 e. The summed E-state index contributed by atoms with van der Waals surface area (Å²) in [5, 5.41) is 30.9. The minimum Gasteiger partial charge on any atom is -0.504 e. The lowest BCUT2D eigenvalue weighted by Gasteiger charge is -2.26. The number of methoxy groups -OCH3 is 3. The van der Waals surface area contributed by atoms with Gasteiger partial charge in [-0.05, 0) is 35.4 Å². The first-order valence-corrected chi connectivity index (χ1v) is 9.00. The zero-order valence-electron chi connectivity index (χ0n) is 16.4. The molecule has 2 aromatic rings. The number of phenols is 1. The zero-order chi connectivity index (χ0) is 21.2. The minimum atomic E-state index is -1.95. The summed E-state index contributed by atoms with van der Waals surface area (Å²) in [6.45, 7) is -0.476. The summed E-state index contributed by atoms with van der Waals surface area (Å²) in [5.74, 6) is -0.631. The lowest BCUT2D eigenvalue weighted by molar-refractivity contribution is -0.156. The predicted molar refractivity (Wildman–Crippen MR) is 102 cm³/mol. The van der Waals surface area contributed by atoms with E-state index in [1.807, 2.05) is 0 Å². The number of hydrogen-bond acceptors (Lipinski definition) is 8. The highest BCUT2D eigenvalue weighted by molar-refractivity contribution is 5.83. The third-order valence-corrected chi connectivity index (χ3v) is 5.22. The maximum atomic E-state index is 12.6. The standard InChI is InChI=1S/C21H24O8/c1-26-16-7-5-13(9-18(16)28-3)19-14(11-22)21(25,20(24)29-19)10-12-4-6-15(23)17(8-12)27-2/h4-9,14,19,22-23,25H,10-11H2,1-3H3/t14-,19-,21-/m0/s1. The molecule has 1 aliphatic rings. The Morgan fingerprint density at radius 2 is 1.69 bits per heavy atom. The second-order valence-electron chi connectivity index (χ2n) is 6.84. The van der Waals surface area contributed by atoms with E-state index in [0.717, 1.165) is 0 Å². The molecule has 156 valence electrons. The van der Waals surface area contributed by atoms with Gasteiger partial charge in [-0.25, -0.2) is 4.79 Å². The molecule has 8 heteroatoms. The molecule has 0 saturated carbocycles. The van der Waals surface area contributed by atoms with Gasteiger partial charge in [0.05, 0.1) is 33.9 Å². The number of hydrogen-bond donors (Lipinski definition) is 3. The Kier molecular flexibility index (Phi) is 5.86. The fourth-order valence-electron chi connectivity index (χ4n) is 3.62. The number of esters is 1. The summed E-state index contributed by atoms with van der Waals surface area (Å²) in [6.07, 6.45) is -0.978. The summed E-state index contributed by atoms with van der Waals surface area (Å²) in [6, 6.07) is 9.52. The van der Waals surface area contributed by atoms with Crippen molar-refractivity contribution in [2.45, 2.75) is 18.1 Å². The van der Waals surface area contributed by atoms with E-state index in [1.54, 1.807) is 24.3 Å². The van der Waals surface area contributed by atoms with Gasteiger partial charge in [0.15, 0.2) is 28.6 Å². The molecule has 0 spiro atoms. The fourth-order valence-corrected chi connectivity index (χ4v) is 3.62. The van der Waals surface area contributed by atoms with Crippen molar-refractivity contribution in [1.29, 1.82) is 0 Å². The van der Waals surface area contributed by atoms with Gasteiger partial charge in [0.25, 0.3) is 0 Å². The molecule has 0 radical (unpaired) electrons. The van der Waals surface area contributed by atoms with E-state index < -0.39 is 30.2 Å². The first-order chi connectivity index (χ1) is 13.9. The van der Waals surface area contributed by atoms with E-state index >= 15 is 0 Å². The molecule has 29 heavy (non-hydrogen) atoms. The normalized spacial score (nSPS) is 23.6. The van der Waals surface area contributed by atoms with Gasteiger partial charge in [-0.2, -0.15) is 0 Å². The summed E-state index contributed by atoms with van der Waals surface area (Å²) in [4.78, 5) is 12.6. The molecule has 0 amide bonds. The summed E-state index contributed by atoms with van der Waals surface area (Å²) in [7, 11) is 4.40. The first-order valence-electron chi connectivity index (χ1n) is 9.00. The number of carbonyl (C=O) groups is 1. The van der Waals surface area contributed by atoms with E-state index in [1.165, 1.54) is 33.5 Å². The maximum Gasteiger partial charge on any atom is 0.339 e. The molecule has 0 aliphatic carbocycles. The molecule has 1 saturated heterocycles. The van der Waals surface area contributed by atoms with Crippen molar-refractivity contribution in [2.24, 2.45) is 5.92 Å². The first kappa shape index (κ1) is 20.8. The van der Waals surface area contributed by atoms with E-state index in [9.17, 15) is 20.1 Å². The number of carbonyl (C=O) groups excluding carboxylic acids is 1. The topological polar surface area (TPSA) is 115 Å². The zero-order valence-corrected chi connectivity index (χ0v) is 16.4. The number of aromatic hydroxyl groups is 1. The van der Waals surface area contributed by atoms with Crippen molar-refractivity contribution in [1.82, 2.24) is 0 Å². The van der Waals surface area contributed by atoms with E-state index in [4.69, 9.17) is 18.9 Å². The van der Waals surface area contributed by atoms with E-state index in [0.29, 0.717) is 22.6 Å². The molecule has 0 unspecified atom stereocenters. The summed E-state index contributed by atoms with van der Waals surface area (Å²) < 4.78 is 21.0. The van der Waals surface area contributed by atoms with E-state index in [-0.39, 0.29) is 17.9 Å². The van der Waals surface area contributed by atoms with Crippen LogP contribution in [0.3, 0.4) is 0 Å². The van der Waals surface area contributed by atoms with Gasteiger partial charge in [-0.15, -0.1) is 0 Å². The second-order valence-corrected chi connectivity index (χ2v) is 6.84. The van der Waals surface area contributed by atoms with Gasteiger partial charge < -0.3 is 34.3 Å². The number of rotatable bonds is 7. The predicted octanol–water partition coefficient (Wildman–Crippen LogP) is 1.60. The van der Waals surface area contributed by atoms with Crippen LogP contribution in [0.4, 0.5) is 0 Å². The van der Waals surface area contributed by atoms with Crippen molar-refractivity contribution in [3.63, 3.8) is 0 Å². The van der Waals surface area contributed by atoms with Crippen LogP contribution in [-0.4, -0.2) is 54.8 Å². The van der Waals surface area contributed by atoms with Crippen molar-refractivity contribution < 1.29 is 39.1 Å². The Bertz CT molecular complexity index is 896. The molecule has 1 heterocycles. The Labute approximate surface area is 168 Å². The van der Waals surface area contributed by atoms with Crippen LogP contribution in [0.1, 0.15) is 17.2 Å². The minimum absolute atomic E-state index is 0.0563. The van der Waals surface area contributed by atoms with Gasteiger partial charge in [-0.1, -0.05) is 12.1 Å². The highest BCUT2D eigenvalue weighted by Gasteiger charge is 2.56. The Balaban J connectivity index is 1.94. The van der Waals surface area contributed by atoms with Crippen LogP contribution in [0, 0.1) is 5.92 Å². The number of phenolic OH excluding ortho intramolecular Hbond substituents is 1. The highest BCUT2D eigenvalue weighted by Crippen LogP contribution is 2.45. The molecule has 3 N–H and O–H groups in total. The molecule has 3 rings (SSSR count).